The molecule has 1 aliphatic carbocycles. The molecule has 0 amide bonds. The summed E-state index contributed by atoms with van der Waals surface area (Å²) in [6.07, 6.45) is 6.68. The Bertz CT molecular complexity index is 2260. The first kappa shape index (κ1) is 19.7. The lowest BCUT2D eigenvalue weighted by Crippen LogP contribution is -1.97. The van der Waals surface area contributed by atoms with E-state index in [1.54, 1.807) is 0 Å². The van der Waals surface area contributed by atoms with Gasteiger partial charge in [0.15, 0.2) is 5.58 Å². The van der Waals surface area contributed by atoms with Crippen molar-refractivity contribution in [2.24, 2.45) is 0 Å². The number of benzene rings is 5. The van der Waals surface area contributed by atoms with Crippen molar-refractivity contribution < 1.29 is 4.42 Å². The summed E-state index contributed by atoms with van der Waals surface area (Å²) in [5, 5.41) is 7.34. The SMILES string of the molecule is C1=Cc2cc3c4cc5ccccc5cc4n(-c4nc5c(ccc6sc7ccccc7c65)o4)c3cc2CC1. The smallest absolute Gasteiger partial charge is 0.307 e. The van der Waals surface area contributed by atoms with Gasteiger partial charge in [0.1, 0.15) is 5.52 Å². The average molecular weight is 493 g/mol. The molecule has 3 heterocycles. The van der Waals surface area contributed by atoms with Crippen LogP contribution < -0.4 is 0 Å². The van der Waals surface area contributed by atoms with Crippen LogP contribution >= 0.6 is 11.3 Å². The van der Waals surface area contributed by atoms with E-state index in [2.05, 4.69) is 102 Å². The summed E-state index contributed by atoms with van der Waals surface area (Å²) in [5.41, 5.74) is 6.72. The van der Waals surface area contributed by atoms with E-state index in [1.807, 2.05) is 11.3 Å². The Hall–Kier alpha value is -4.41. The van der Waals surface area contributed by atoms with Crippen molar-refractivity contribution in [1.29, 1.82) is 0 Å². The molecule has 0 N–H and O–H groups in total. The number of aryl methyl sites for hydroxylation is 1. The van der Waals surface area contributed by atoms with Gasteiger partial charge >= 0.3 is 6.01 Å². The highest BCUT2D eigenvalue weighted by molar-refractivity contribution is 7.26. The molecule has 0 radical (unpaired) electrons. The first-order valence-electron chi connectivity index (χ1n) is 12.7. The third kappa shape index (κ3) is 2.68. The van der Waals surface area contributed by atoms with Gasteiger partial charge in [-0.2, -0.15) is 4.98 Å². The zero-order chi connectivity index (χ0) is 24.1. The Balaban J connectivity index is 1.43. The topological polar surface area (TPSA) is 31.0 Å². The number of hydrogen-bond acceptors (Lipinski definition) is 3. The van der Waals surface area contributed by atoms with Gasteiger partial charge in [-0.25, -0.2) is 0 Å². The van der Waals surface area contributed by atoms with Crippen LogP contribution in [-0.2, 0) is 6.42 Å². The van der Waals surface area contributed by atoms with Crippen LogP contribution in [0.15, 0.2) is 95.4 Å². The molecule has 37 heavy (non-hydrogen) atoms. The number of thiophene rings is 1. The Labute approximate surface area is 215 Å². The van der Waals surface area contributed by atoms with Crippen LogP contribution in [0.3, 0.4) is 0 Å². The van der Waals surface area contributed by atoms with E-state index in [1.165, 1.54) is 52.8 Å². The summed E-state index contributed by atoms with van der Waals surface area (Å²) in [5.74, 6) is 0. The molecular weight excluding hydrogens is 472 g/mol. The van der Waals surface area contributed by atoms with Crippen LogP contribution in [0.5, 0.6) is 0 Å². The van der Waals surface area contributed by atoms with Crippen LogP contribution in [-0.4, -0.2) is 9.55 Å². The van der Waals surface area contributed by atoms with Gasteiger partial charge in [0.2, 0.25) is 0 Å². The second-order valence-corrected chi connectivity index (χ2v) is 11.0. The molecule has 0 aliphatic heterocycles. The minimum atomic E-state index is 0.624. The van der Waals surface area contributed by atoms with Crippen molar-refractivity contribution in [3.05, 3.63) is 102 Å². The molecule has 0 fully saturated rings. The van der Waals surface area contributed by atoms with E-state index < -0.39 is 0 Å². The number of hydrogen-bond donors (Lipinski definition) is 0. The Morgan fingerprint density at radius 3 is 2.51 bits per heavy atom. The maximum absolute atomic E-state index is 6.55. The first-order valence-corrected chi connectivity index (χ1v) is 13.5. The van der Waals surface area contributed by atoms with Crippen molar-refractivity contribution in [2.45, 2.75) is 12.8 Å². The van der Waals surface area contributed by atoms with E-state index in [9.17, 15) is 0 Å². The lowest BCUT2D eigenvalue weighted by molar-refractivity contribution is 0.574. The van der Waals surface area contributed by atoms with E-state index >= 15 is 0 Å². The quantitative estimate of drug-likeness (QED) is 0.228. The molecule has 0 bridgehead atoms. The Kier molecular flexibility index (Phi) is 3.78. The summed E-state index contributed by atoms with van der Waals surface area (Å²) in [6.45, 7) is 0. The molecule has 0 atom stereocenters. The van der Waals surface area contributed by atoms with E-state index in [0.717, 1.165) is 35.0 Å². The molecule has 0 spiro atoms. The predicted octanol–water partition coefficient (Wildman–Crippen LogP) is 9.41. The molecule has 0 unspecified atom stereocenters. The van der Waals surface area contributed by atoms with Crippen LogP contribution in [0.4, 0.5) is 0 Å². The lowest BCUT2D eigenvalue weighted by Gasteiger charge is -2.11. The second-order valence-electron chi connectivity index (χ2n) is 9.94. The normalized spacial score (nSPS) is 13.6. The number of nitrogens with zero attached hydrogens (tertiary/aromatic N) is 2. The van der Waals surface area contributed by atoms with E-state index in [0.29, 0.717) is 6.01 Å². The molecule has 9 rings (SSSR count). The number of allylic oxidation sites excluding steroid dienone is 1. The molecular formula is C33H20N2OS. The molecule has 1 aliphatic rings. The van der Waals surface area contributed by atoms with Crippen molar-refractivity contribution in [1.82, 2.24) is 9.55 Å². The maximum Gasteiger partial charge on any atom is 0.307 e. The van der Waals surface area contributed by atoms with Gasteiger partial charge < -0.3 is 4.42 Å². The predicted molar refractivity (Wildman–Crippen MR) is 156 cm³/mol. The lowest BCUT2D eigenvalue weighted by atomic mass is 9.95. The van der Waals surface area contributed by atoms with Crippen molar-refractivity contribution in [2.75, 3.05) is 0 Å². The molecule has 8 aromatic rings. The largest absolute Gasteiger partial charge is 0.423 e. The van der Waals surface area contributed by atoms with Crippen molar-refractivity contribution in [3.63, 3.8) is 0 Å². The number of rotatable bonds is 1. The fourth-order valence-corrected chi connectivity index (χ4v) is 7.23. The monoisotopic (exact) mass is 492 g/mol. The molecule has 3 nitrogen and oxygen atoms in total. The summed E-state index contributed by atoms with van der Waals surface area (Å²) in [7, 11) is 0. The van der Waals surface area contributed by atoms with Gasteiger partial charge in [-0.3, -0.25) is 4.57 Å². The minimum Gasteiger partial charge on any atom is -0.423 e. The van der Waals surface area contributed by atoms with Gasteiger partial charge in [0, 0.05) is 30.9 Å². The van der Waals surface area contributed by atoms with E-state index in [-0.39, 0.29) is 0 Å². The summed E-state index contributed by atoms with van der Waals surface area (Å²) in [6, 6.07) is 31.3. The van der Waals surface area contributed by atoms with Crippen LogP contribution in [0, 0.1) is 0 Å². The molecule has 0 saturated carbocycles. The third-order valence-electron chi connectivity index (χ3n) is 7.85. The molecule has 3 aromatic heterocycles. The standard InChI is InChI=1S/C33H20N2OS/c1-3-9-21-17-26-24(15-19(21)7-1)25-16-20-8-2-4-10-22(20)18-27(25)35(26)33-34-32-28(36-33)13-14-30-31(32)23-11-5-6-12-29(23)37-30/h1-3,5-9,11-18H,4,10H2. The Morgan fingerprint density at radius 2 is 1.57 bits per heavy atom. The van der Waals surface area contributed by atoms with Gasteiger partial charge in [0.05, 0.1) is 11.0 Å². The molecule has 4 heteroatoms. The fourth-order valence-electron chi connectivity index (χ4n) is 6.12. The van der Waals surface area contributed by atoms with Gasteiger partial charge in [0.25, 0.3) is 0 Å². The zero-order valence-corrected chi connectivity index (χ0v) is 20.7. The molecule has 174 valence electrons. The van der Waals surface area contributed by atoms with E-state index in [4.69, 9.17) is 9.40 Å². The van der Waals surface area contributed by atoms with Gasteiger partial charge in [-0.05, 0) is 77.2 Å². The minimum absolute atomic E-state index is 0.624. The number of oxazole rings is 1. The highest BCUT2D eigenvalue weighted by Crippen LogP contribution is 2.41. The number of fused-ring (bicyclic) bond motifs is 10. The fraction of sp³-hybridized carbons (Fsp3) is 0.0606. The van der Waals surface area contributed by atoms with Crippen LogP contribution in [0.25, 0.3) is 75.9 Å². The molecule has 0 saturated heterocycles. The second kappa shape index (κ2) is 7.09. The van der Waals surface area contributed by atoms with Crippen LogP contribution in [0.2, 0.25) is 0 Å². The number of aromatic nitrogens is 2. The van der Waals surface area contributed by atoms with Crippen molar-refractivity contribution >= 4 is 81.3 Å². The third-order valence-corrected chi connectivity index (χ3v) is 8.99. The van der Waals surface area contributed by atoms with Gasteiger partial charge in [-0.1, -0.05) is 54.6 Å². The highest BCUT2D eigenvalue weighted by Gasteiger charge is 2.21. The first-order chi connectivity index (χ1) is 18.3. The highest BCUT2D eigenvalue weighted by atomic mass is 32.1. The van der Waals surface area contributed by atoms with Crippen LogP contribution in [0.1, 0.15) is 17.5 Å². The zero-order valence-electron chi connectivity index (χ0n) is 19.9. The maximum atomic E-state index is 6.55. The summed E-state index contributed by atoms with van der Waals surface area (Å²) >= 11 is 1.81. The average Bonchev–Trinajstić information content (AvgIpc) is 3.61. The molecule has 5 aromatic carbocycles. The van der Waals surface area contributed by atoms with Gasteiger partial charge in [-0.15, -0.1) is 11.3 Å². The van der Waals surface area contributed by atoms with Crippen molar-refractivity contribution in [3.8, 4) is 6.01 Å². The Morgan fingerprint density at radius 1 is 0.757 bits per heavy atom. The summed E-state index contributed by atoms with van der Waals surface area (Å²) < 4.78 is 11.3. The summed E-state index contributed by atoms with van der Waals surface area (Å²) in [4.78, 5) is 5.19.